The maximum absolute atomic E-state index is 5.39. The van der Waals surface area contributed by atoms with Gasteiger partial charge in [0.1, 0.15) is 0 Å². The van der Waals surface area contributed by atoms with E-state index in [-0.39, 0.29) is 29.6 Å². The second-order valence-corrected chi connectivity index (χ2v) is 5.76. The van der Waals surface area contributed by atoms with Crippen LogP contribution in [-0.4, -0.2) is 38.3 Å². The Morgan fingerprint density at radius 2 is 1.91 bits per heavy atom. The summed E-state index contributed by atoms with van der Waals surface area (Å²) in [6.07, 6.45) is 0.991. The summed E-state index contributed by atoms with van der Waals surface area (Å²) in [7, 11) is 1.72. The number of nitrogens with zero attached hydrogens (tertiary/aromatic N) is 1. The first-order chi connectivity index (χ1) is 9.98. The molecule has 22 heavy (non-hydrogen) atoms. The van der Waals surface area contributed by atoms with Gasteiger partial charge in [-0.15, -0.1) is 24.0 Å². The lowest BCUT2D eigenvalue weighted by atomic mass is 10.1. The summed E-state index contributed by atoms with van der Waals surface area (Å²) in [5, 5.41) is 6.64. The second kappa shape index (κ2) is 10.8. The summed E-state index contributed by atoms with van der Waals surface area (Å²) in [6, 6.07) is 8.48. The zero-order valence-electron chi connectivity index (χ0n) is 14.4. The number of hydrogen-bond acceptors (Lipinski definition) is 2. The van der Waals surface area contributed by atoms with Gasteiger partial charge in [-0.05, 0) is 45.2 Å². The van der Waals surface area contributed by atoms with Gasteiger partial charge in [0.15, 0.2) is 5.96 Å². The monoisotopic (exact) mass is 419 g/mol. The van der Waals surface area contributed by atoms with Crippen molar-refractivity contribution in [3.8, 4) is 0 Å². The molecule has 0 fully saturated rings. The van der Waals surface area contributed by atoms with E-state index < -0.39 is 0 Å². The molecule has 126 valence electrons. The maximum atomic E-state index is 5.39. The molecule has 0 bridgehead atoms. The van der Waals surface area contributed by atoms with Gasteiger partial charge in [-0.25, -0.2) is 0 Å². The van der Waals surface area contributed by atoms with Crippen LogP contribution in [-0.2, 0) is 11.2 Å². The third kappa shape index (κ3) is 7.98. The fourth-order valence-electron chi connectivity index (χ4n) is 1.88. The van der Waals surface area contributed by atoms with Gasteiger partial charge in [0, 0.05) is 20.2 Å². The lowest BCUT2D eigenvalue weighted by Crippen LogP contribution is -2.40. The Kier molecular flexibility index (Phi) is 10.4. The number of benzene rings is 1. The van der Waals surface area contributed by atoms with Gasteiger partial charge >= 0.3 is 0 Å². The van der Waals surface area contributed by atoms with Crippen LogP contribution in [0.25, 0.3) is 0 Å². The Morgan fingerprint density at radius 1 is 1.23 bits per heavy atom. The molecule has 1 aromatic rings. The fourth-order valence-corrected chi connectivity index (χ4v) is 1.88. The summed E-state index contributed by atoms with van der Waals surface area (Å²) >= 11 is 0. The van der Waals surface area contributed by atoms with E-state index in [0.717, 1.165) is 25.5 Å². The van der Waals surface area contributed by atoms with Gasteiger partial charge in [-0.1, -0.05) is 24.3 Å². The molecule has 0 spiro atoms. The minimum Gasteiger partial charge on any atom is -0.377 e. The number of aryl methyl sites for hydroxylation is 1. The number of hydrogen-bond donors (Lipinski definition) is 2. The van der Waals surface area contributed by atoms with E-state index in [0.29, 0.717) is 6.54 Å². The van der Waals surface area contributed by atoms with E-state index in [1.165, 1.54) is 11.1 Å². The molecule has 0 atom stereocenters. The standard InChI is InChI=1S/C17H29N3O.HI/c1-6-18-16(20-13-17(3,4)21-5)19-12-11-15-10-8-7-9-14(15)2;/h7-10H,6,11-13H2,1-5H3,(H2,18,19,20);1H. The molecular weight excluding hydrogens is 389 g/mol. The molecule has 1 aromatic carbocycles. The van der Waals surface area contributed by atoms with Crippen molar-refractivity contribution >= 4 is 29.9 Å². The van der Waals surface area contributed by atoms with Crippen LogP contribution in [0.3, 0.4) is 0 Å². The first kappa shape index (κ1) is 21.2. The maximum Gasteiger partial charge on any atom is 0.191 e. The third-order valence-electron chi connectivity index (χ3n) is 3.46. The van der Waals surface area contributed by atoms with Crippen molar-refractivity contribution in [2.75, 3.05) is 26.7 Å². The number of ether oxygens (including phenoxy) is 1. The van der Waals surface area contributed by atoms with Crippen LogP contribution in [0, 0.1) is 6.92 Å². The summed E-state index contributed by atoms with van der Waals surface area (Å²) in [4.78, 5) is 4.58. The molecule has 0 heterocycles. The number of rotatable bonds is 7. The highest BCUT2D eigenvalue weighted by Crippen LogP contribution is 2.08. The second-order valence-electron chi connectivity index (χ2n) is 5.76. The van der Waals surface area contributed by atoms with Crippen molar-refractivity contribution in [2.24, 2.45) is 4.99 Å². The number of aliphatic imine (C=N–C) groups is 1. The average molecular weight is 419 g/mol. The molecule has 0 aromatic heterocycles. The third-order valence-corrected chi connectivity index (χ3v) is 3.46. The first-order valence-corrected chi connectivity index (χ1v) is 7.60. The van der Waals surface area contributed by atoms with Crippen LogP contribution in [0.5, 0.6) is 0 Å². The molecular formula is C17H30IN3O. The normalized spacial score (nSPS) is 11.8. The molecule has 0 aliphatic rings. The highest BCUT2D eigenvalue weighted by molar-refractivity contribution is 14.0. The Bertz CT molecular complexity index is 461. The first-order valence-electron chi connectivity index (χ1n) is 7.60. The van der Waals surface area contributed by atoms with E-state index in [2.05, 4.69) is 53.7 Å². The minimum atomic E-state index is -0.238. The summed E-state index contributed by atoms with van der Waals surface area (Å²) in [6.45, 7) is 10.6. The van der Waals surface area contributed by atoms with E-state index in [4.69, 9.17) is 4.74 Å². The van der Waals surface area contributed by atoms with Crippen molar-refractivity contribution in [3.05, 3.63) is 35.4 Å². The van der Waals surface area contributed by atoms with Crippen LogP contribution < -0.4 is 10.6 Å². The van der Waals surface area contributed by atoms with E-state index in [9.17, 15) is 0 Å². The lowest BCUT2D eigenvalue weighted by Gasteiger charge is -2.21. The van der Waals surface area contributed by atoms with Crippen molar-refractivity contribution in [3.63, 3.8) is 0 Å². The highest BCUT2D eigenvalue weighted by Gasteiger charge is 2.15. The van der Waals surface area contributed by atoms with Crippen molar-refractivity contribution in [1.29, 1.82) is 0 Å². The van der Waals surface area contributed by atoms with E-state index in [1.807, 2.05) is 13.8 Å². The minimum absolute atomic E-state index is 0. The van der Waals surface area contributed by atoms with Gasteiger partial charge in [-0.3, -0.25) is 4.99 Å². The van der Waals surface area contributed by atoms with Crippen LogP contribution in [0.1, 0.15) is 31.9 Å². The van der Waals surface area contributed by atoms with Crippen molar-refractivity contribution in [2.45, 2.75) is 39.7 Å². The van der Waals surface area contributed by atoms with Gasteiger partial charge in [0.05, 0.1) is 12.1 Å². The molecule has 0 unspecified atom stereocenters. The van der Waals surface area contributed by atoms with Gasteiger partial charge in [0.2, 0.25) is 0 Å². The van der Waals surface area contributed by atoms with Crippen molar-refractivity contribution < 1.29 is 4.74 Å². The quantitative estimate of drug-likeness (QED) is 0.406. The molecule has 0 radical (unpaired) electrons. The Balaban J connectivity index is 0.00000441. The van der Waals surface area contributed by atoms with E-state index >= 15 is 0 Å². The fraction of sp³-hybridized carbons (Fsp3) is 0.588. The summed E-state index contributed by atoms with van der Waals surface area (Å²) in [5.74, 6) is 0.844. The molecule has 5 heteroatoms. The topological polar surface area (TPSA) is 45.7 Å². The predicted octanol–water partition coefficient (Wildman–Crippen LogP) is 3.14. The SMILES string of the molecule is CCNC(=NCC(C)(C)OC)NCCc1ccccc1C.I. The van der Waals surface area contributed by atoms with Crippen LogP contribution in [0.2, 0.25) is 0 Å². The molecule has 2 N–H and O–H groups in total. The number of halogens is 1. The van der Waals surface area contributed by atoms with Gasteiger partial charge in [0.25, 0.3) is 0 Å². The highest BCUT2D eigenvalue weighted by atomic mass is 127. The van der Waals surface area contributed by atoms with Crippen LogP contribution in [0.15, 0.2) is 29.3 Å². The number of guanidine groups is 1. The van der Waals surface area contributed by atoms with Crippen LogP contribution >= 0.6 is 24.0 Å². The predicted molar refractivity (Wildman–Crippen MR) is 105 cm³/mol. The molecule has 0 amide bonds. The summed E-state index contributed by atoms with van der Waals surface area (Å²) in [5.41, 5.74) is 2.47. The number of methoxy groups -OCH3 is 1. The summed E-state index contributed by atoms with van der Waals surface area (Å²) < 4.78 is 5.39. The smallest absolute Gasteiger partial charge is 0.191 e. The largest absolute Gasteiger partial charge is 0.377 e. The lowest BCUT2D eigenvalue weighted by molar-refractivity contribution is 0.0310. The van der Waals surface area contributed by atoms with Crippen LogP contribution in [0.4, 0.5) is 0 Å². The molecule has 0 saturated carbocycles. The van der Waals surface area contributed by atoms with E-state index in [1.54, 1.807) is 7.11 Å². The molecule has 0 saturated heterocycles. The molecule has 0 aliphatic heterocycles. The Hall–Kier alpha value is -0.820. The average Bonchev–Trinajstić information content (AvgIpc) is 2.47. The number of nitrogens with one attached hydrogen (secondary N) is 2. The molecule has 4 nitrogen and oxygen atoms in total. The molecule has 1 rings (SSSR count). The van der Waals surface area contributed by atoms with Crippen molar-refractivity contribution in [1.82, 2.24) is 10.6 Å². The van der Waals surface area contributed by atoms with Gasteiger partial charge in [-0.2, -0.15) is 0 Å². The van der Waals surface area contributed by atoms with Gasteiger partial charge < -0.3 is 15.4 Å². The Morgan fingerprint density at radius 3 is 2.50 bits per heavy atom. The molecule has 0 aliphatic carbocycles. The zero-order chi connectivity index (χ0) is 15.7. The Labute approximate surface area is 152 Å². The zero-order valence-corrected chi connectivity index (χ0v) is 16.7.